The van der Waals surface area contributed by atoms with Crippen molar-refractivity contribution < 1.29 is 8.42 Å². The highest BCUT2D eigenvalue weighted by Crippen LogP contribution is 2.20. The summed E-state index contributed by atoms with van der Waals surface area (Å²) in [6.07, 6.45) is 3.92. The molecule has 0 aliphatic heterocycles. The molecule has 0 aliphatic carbocycles. The van der Waals surface area contributed by atoms with Crippen LogP contribution in [0.4, 0.5) is 0 Å². The fraction of sp³-hybridized carbons (Fsp3) is 0.917. The average molecular weight is 437 g/mol. The van der Waals surface area contributed by atoms with Crippen LogP contribution in [0, 0.1) is 0 Å². The van der Waals surface area contributed by atoms with Crippen LogP contribution in [-0.2, 0) is 9.84 Å². The molecule has 0 radical (unpaired) electrons. The Morgan fingerprint density at radius 2 is 1.90 bits per heavy atom. The van der Waals surface area contributed by atoms with Crippen molar-refractivity contribution in [2.24, 2.45) is 4.99 Å². The molecule has 0 saturated heterocycles. The van der Waals surface area contributed by atoms with E-state index in [0.29, 0.717) is 13.0 Å². The first kappa shape index (κ1) is 22.6. The number of aliphatic imine (C=N–C) groups is 1. The van der Waals surface area contributed by atoms with Gasteiger partial charge in [-0.2, -0.15) is 11.8 Å². The number of nitrogens with zero attached hydrogens (tertiary/aromatic N) is 1. The quantitative estimate of drug-likeness (QED) is 0.262. The van der Waals surface area contributed by atoms with Gasteiger partial charge in [-0.1, -0.05) is 0 Å². The number of rotatable bonds is 8. The first-order valence-electron chi connectivity index (χ1n) is 6.45. The summed E-state index contributed by atoms with van der Waals surface area (Å²) in [6, 6.07) is 0. The van der Waals surface area contributed by atoms with Crippen molar-refractivity contribution in [3.8, 4) is 0 Å². The van der Waals surface area contributed by atoms with E-state index in [-0.39, 0.29) is 34.5 Å². The van der Waals surface area contributed by atoms with Crippen molar-refractivity contribution in [3.63, 3.8) is 0 Å². The van der Waals surface area contributed by atoms with E-state index in [1.165, 1.54) is 6.26 Å². The zero-order valence-corrected chi connectivity index (χ0v) is 17.0. The molecule has 0 aromatic heterocycles. The number of thioether (sulfide) groups is 1. The molecule has 2 N–H and O–H groups in total. The lowest BCUT2D eigenvalue weighted by Crippen LogP contribution is -2.39. The van der Waals surface area contributed by atoms with Crippen molar-refractivity contribution in [2.45, 2.75) is 31.9 Å². The van der Waals surface area contributed by atoms with Crippen LogP contribution in [0.2, 0.25) is 0 Å². The predicted octanol–water partition coefficient (Wildman–Crippen LogP) is 1.74. The molecule has 0 heterocycles. The van der Waals surface area contributed by atoms with Crippen molar-refractivity contribution in [3.05, 3.63) is 0 Å². The van der Waals surface area contributed by atoms with E-state index < -0.39 is 9.84 Å². The minimum absolute atomic E-state index is 0. The lowest BCUT2D eigenvalue weighted by atomic mass is 10.2. The van der Waals surface area contributed by atoms with Crippen molar-refractivity contribution >= 4 is 51.5 Å². The molecule has 122 valence electrons. The highest BCUT2D eigenvalue weighted by molar-refractivity contribution is 14.0. The van der Waals surface area contributed by atoms with Crippen LogP contribution in [0.15, 0.2) is 4.99 Å². The lowest BCUT2D eigenvalue weighted by Gasteiger charge is -2.20. The second-order valence-electron chi connectivity index (χ2n) is 5.07. The summed E-state index contributed by atoms with van der Waals surface area (Å²) in [5.41, 5.74) is 0. The third-order valence-corrected chi connectivity index (χ3v) is 4.76. The Bertz CT molecular complexity index is 384. The number of hydrogen-bond acceptors (Lipinski definition) is 4. The third-order valence-electron chi connectivity index (χ3n) is 2.50. The molecule has 0 aromatic rings. The number of guanidine groups is 1. The summed E-state index contributed by atoms with van der Waals surface area (Å²) in [5, 5.41) is 6.31. The summed E-state index contributed by atoms with van der Waals surface area (Å²) in [6.45, 7) is 8.42. The fourth-order valence-corrected chi connectivity index (χ4v) is 2.08. The van der Waals surface area contributed by atoms with E-state index in [0.717, 1.165) is 19.0 Å². The van der Waals surface area contributed by atoms with Crippen molar-refractivity contribution in [1.82, 2.24) is 10.6 Å². The monoisotopic (exact) mass is 437 g/mol. The maximum atomic E-state index is 11.0. The highest BCUT2D eigenvalue weighted by atomic mass is 127. The second kappa shape index (κ2) is 10.9. The van der Waals surface area contributed by atoms with E-state index in [1.807, 2.05) is 6.92 Å². The third kappa shape index (κ3) is 13.3. The minimum Gasteiger partial charge on any atom is -0.357 e. The molecule has 0 aliphatic rings. The van der Waals surface area contributed by atoms with E-state index in [9.17, 15) is 8.42 Å². The predicted molar refractivity (Wildman–Crippen MR) is 101 cm³/mol. The van der Waals surface area contributed by atoms with Gasteiger partial charge >= 0.3 is 0 Å². The molecule has 0 fully saturated rings. The van der Waals surface area contributed by atoms with Crippen LogP contribution in [0.5, 0.6) is 0 Å². The largest absolute Gasteiger partial charge is 0.357 e. The van der Waals surface area contributed by atoms with Gasteiger partial charge in [-0.15, -0.1) is 24.0 Å². The Morgan fingerprint density at radius 1 is 1.30 bits per heavy atom. The Labute approximate surface area is 145 Å². The van der Waals surface area contributed by atoms with Gasteiger partial charge < -0.3 is 10.6 Å². The van der Waals surface area contributed by atoms with Gasteiger partial charge in [-0.05, 0) is 33.4 Å². The molecule has 0 spiro atoms. The fourth-order valence-electron chi connectivity index (χ4n) is 1.22. The maximum absolute atomic E-state index is 11.0. The molecule has 0 atom stereocenters. The van der Waals surface area contributed by atoms with E-state index in [1.54, 1.807) is 11.8 Å². The van der Waals surface area contributed by atoms with Gasteiger partial charge in [-0.25, -0.2) is 8.42 Å². The van der Waals surface area contributed by atoms with Crippen LogP contribution < -0.4 is 10.6 Å². The number of hydrogen-bond donors (Lipinski definition) is 2. The summed E-state index contributed by atoms with van der Waals surface area (Å²) < 4.78 is 22.1. The smallest absolute Gasteiger partial charge is 0.191 e. The molecule has 0 unspecified atom stereocenters. The van der Waals surface area contributed by atoms with Gasteiger partial charge in [0, 0.05) is 24.1 Å². The van der Waals surface area contributed by atoms with Gasteiger partial charge in [0.1, 0.15) is 9.84 Å². The molecule has 0 bridgehead atoms. The van der Waals surface area contributed by atoms with Gasteiger partial charge in [0.05, 0.1) is 12.3 Å². The first-order chi connectivity index (χ1) is 8.70. The molecular weight excluding hydrogens is 409 g/mol. The second-order valence-corrected chi connectivity index (χ2v) is 8.84. The first-order valence-corrected chi connectivity index (χ1v) is 9.74. The van der Waals surface area contributed by atoms with Gasteiger partial charge in [0.25, 0.3) is 0 Å². The molecule has 0 saturated carbocycles. The summed E-state index contributed by atoms with van der Waals surface area (Å²) >= 11 is 1.78. The maximum Gasteiger partial charge on any atom is 0.191 e. The van der Waals surface area contributed by atoms with E-state index >= 15 is 0 Å². The summed E-state index contributed by atoms with van der Waals surface area (Å²) in [7, 11) is -2.88. The Morgan fingerprint density at radius 3 is 2.35 bits per heavy atom. The van der Waals surface area contributed by atoms with E-state index in [4.69, 9.17) is 0 Å². The lowest BCUT2D eigenvalue weighted by molar-refractivity contribution is 0.598. The minimum atomic E-state index is -2.88. The number of sulfone groups is 1. The molecule has 0 rings (SSSR count). The average Bonchev–Trinajstić information content (AvgIpc) is 2.30. The summed E-state index contributed by atoms with van der Waals surface area (Å²) in [4.78, 5) is 4.51. The van der Waals surface area contributed by atoms with Crippen LogP contribution in [0.1, 0.15) is 27.2 Å². The van der Waals surface area contributed by atoms with Crippen LogP contribution in [-0.4, -0.2) is 57.0 Å². The zero-order chi connectivity index (χ0) is 14.9. The Balaban J connectivity index is 0. The van der Waals surface area contributed by atoms with Crippen LogP contribution in [0.3, 0.4) is 0 Å². The molecule has 8 heteroatoms. The number of halogens is 1. The SMILES string of the molecule is CCNC(=NCC(C)(C)SC)NCCCS(C)(=O)=O.I. The Hall–Kier alpha value is 0.300. The molecule has 5 nitrogen and oxygen atoms in total. The number of nitrogens with one attached hydrogen (secondary N) is 2. The normalized spacial score (nSPS) is 12.8. The van der Waals surface area contributed by atoms with E-state index in [2.05, 4.69) is 35.7 Å². The van der Waals surface area contributed by atoms with Gasteiger partial charge in [0.2, 0.25) is 0 Å². The van der Waals surface area contributed by atoms with Gasteiger partial charge in [0.15, 0.2) is 5.96 Å². The Kier molecular flexibility index (Phi) is 12.4. The van der Waals surface area contributed by atoms with Crippen molar-refractivity contribution in [1.29, 1.82) is 0 Å². The van der Waals surface area contributed by atoms with Crippen LogP contribution in [0.25, 0.3) is 0 Å². The topological polar surface area (TPSA) is 70.6 Å². The molecule has 20 heavy (non-hydrogen) atoms. The molecule has 0 aromatic carbocycles. The highest BCUT2D eigenvalue weighted by Gasteiger charge is 2.15. The molecule has 0 amide bonds. The van der Waals surface area contributed by atoms with Gasteiger partial charge in [-0.3, -0.25) is 4.99 Å². The van der Waals surface area contributed by atoms with Crippen molar-refractivity contribution in [2.75, 3.05) is 37.9 Å². The van der Waals surface area contributed by atoms with Crippen LogP contribution >= 0.6 is 35.7 Å². The summed E-state index contributed by atoms with van der Waals surface area (Å²) in [5.74, 6) is 0.952. The molecular formula is C12H28IN3O2S2. The zero-order valence-electron chi connectivity index (χ0n) is 13.0. The standard InChI is InChI=1S/C12H27N3O2S2.HI/c1-6-13-11(15-10-12(2,3)18-4)14-8-7-9-19(5,16)17;/h6-10H2,1-5H3,(H2,13,14,15);1H.